The molecule has 1 aliphatic rings. The number of carbonyl (C=O) groups is 1. The van der Waals surface area contributed by atoms with Gasteiger partial charge in [-0.1, -0.05) is 60.7 Å². The molecule has 4 aromatic carbocycles. The highest BCUT2D eigenvalue weighted by molar-refractivity contribution is 6.00. The summed E-state index contributed by atoms with van der Waals surface area (Å²) in [6, 6.07) is 27.0. The number of aryl methyl sites for hydroxylation is 2. The maximum Gasteiger partial charge on any atom is 0.273 e. The Morgan fingerprint density at radius 3 is 2.38 bits per heavy atom. The van der Waals surface area contributed by atoms with Crippen LogP contribution in [0.15, 0.2) is 91.0 Å². The van der Waals surface area contributed by atoms with Crippen molar-refractivity contribution in [2.75, 3.05) is 0 Å². The number of hydrogen-bond donors (Lipinski definition) is 2. The molecule has 7 heteroatoms. The van der Waals surface area contributed by atoms with Crippen molar-refractivity contribution in [1.29, 1.82) is 0 Å². The average molecular weight is 534 g/mol. The molecule has 0 aliphatic carbocycles. The number of amides is 1. The van der Waals surface area contributed by atoms with Crippen LogP contribution in [0.3, 0.4) is 0 Å². The largest absolute Gasteiger partial charge is 0.507 e. The molecule has 6 nitrogen and oxygen atoms in total. The van der Waals surface area contributed by atoms with Crippen LogP contribution >= 0.6 is 0 Å². The quantitative estimate of drug-likeness (QED) is 0.240. The van der Waals surface area contributed by atoms with E-state index in [1.54, 1.807) is 23.1 Å². The van der Waals surface area contributed by atoms with Crippen molar-refractivity contribution < 1.29 is 19.0 Å². The second kappa shape index (κ2) is 10.3. The number of halogens is 1. The molecule has 6 rings (SSSR count). The first kappa shape index (κ1) is 25.4. The predicted molar refractivity (Wildman–Crippen MR) is 150 cm³/mol. The second-order valence-corrected chi connectivity index (χ2v) is 10.1. The molecule has 1 aliphatic heterocycles. The molecule has 0 saturated heterocycles. The number of hydrogen-bond acceptors (Lipinski definition) is 4. The van der Waals surface area contributed by atoms with Crippen molar-refractivity contribution in [2.45, 2.75) is 33.0 Å². The Balaban J connectivity index is 1.40. The van der Waals surface area contributed by atoms with Gasteiger partial charge in [0.2, 0.25) is 0 Å². The number of ether oxygens (including phenoxy) is 1. The molecule has 0 radical (unpaired) electrons. The number of rotatable bonds is 7. The summed E-state index contributed by atoms with van der Waals surface area (Å²) < 4.78 is 19.6. The van der Waals surface area contributed by atoms with Gasteiger partial charge >= 0.3 is 0 Å². The zero-order valence-electron chi connectivity index (χ0n) is 22.2. The molecular formula is C33H28FN3O3. The van der Waals surface area contributed by atoms with Gasteiger partial charge in [-0.05, 0) is 72.0 Å². The lowest BCUT2D eigenvalue weighted by Crippen LogP contribution is -2.29. The summed E-state index contributed by atoms with van der Waals surface area (Å²) in [5.41, 5.74) is 6.74. The third-order valence-electron chi connectivity index (χ3n) is 7.27. The molecule has 0 saturated carbocycles. The number of H-pyrrole nitrogens is 1. The predicted octanol–water partition coefficient (Wildman–Crippen LogP) is 6.86. The van der Waals surface area contributed by atoms with E-state index in [2.05, 4.69) is 10.2 Å². The Labute approximate surface area is 231 Å². The summed E-state index contributed by atoms with van der Waals surface area (Å²) in [7, 11) is 0. The number of nitrogens with one attached hydrogen (secondary N) is 1. The highest BCUT2D eigenvalue weighted by atomic mass is 19.1. The van der Waals surface area contributed by atoms with E-state index >= 15 is 0 Å². The monoisotopic (exact) mass is 533 g/mol. The number of phenols is 1. The molecule has 0 fully saturated rings. The van der Waals surface area contributed by atoms with Crippen LogP contribution in [-0.4, -0.2) is 26.1 Å². The summed E-state index contributed by atoms with van der Waals surface area (Å²) in [6.45, 7) is 4.56. The van der Waals surface area contributed by atoms with E-state index in [1.165, 1.54) is 12.1 Å². The van der Waals surface area contributed by atoms with Crippen LogP contribution in [0.25, 0.3) is 11.3 Å². The van der Waals surface area contributed by atoms with Crippen molar-refractivity contribution in [3.8, 4) is 22.8 Å². The van der Waals surface area contributed by atoms with Crippen LogP contribution in [0, 0.1) is 19.7 Å². The van der Waals surface area contributed by atoms with Crippen molar-refractivity contribution in [1.82, 2.24) is 15.1 Å². The highest BCUT2D eigenvalue weighted by Crippen LogP contribution is 2.46. The molecule has 200 valence electrons. The molecule has 1 aromatic heterocycles. The minimum absolute atomic E-state index is 0.111. The van der Waals surface area contributed by atoms with Crippen molar-refractivity contribution in [3.63, 3.8) is 0 Å². The van der Waals surface area contributed by atoms with Gasteiger partial charge in [0.15, 0.2) is 0 Å². The lowest BCUT2D eigenvalue weighted by Gasteiger charge is -2.27. The Hall–Kier alpha value is -4.91. The first-order chi connectivity index (χ1) is 19.4. The number of aromatic amines is 1. The number of fused-ring (bicyclic) bond motifs is 1. The zero-order chi connectivity index (χ0) is 27.8. The Bertz CT molecular complexity index is 1660. The molecule has 2 heterocycles. The van der Waals surface area contributed by atoms with Gasteiger partial charge in [0.25, 0.3) is 5.91 Å². The zero-order valence-corrected chi connectivity index (χ0v) is 22.2. The number of aromatic nitrogens is 2. The van der Waals surface area contributed by atoms with Gasteiger partial charge in [0, 0.05) is 17.7 Å². The fourth-order valence-electron chi connectivity index (χ4n) is 5.42. The van der Waals surface area contributed by atoms with E-state index < -0.39 is 6.04 Å². The lowest BCUT2D eigenvalue weighted by atomic mass is 9.93. The summed E-state index contributed by atoms with van der Waals surface area (Å²) in [6.07, 6.45) is 0. The van der Waals surface area contributed by atoms with Gasteiger partial charge in [0.1, 0.15) is 35.3 Å². The molecule has 2 N–H and O–H groups in total. The van der Waals surface area contributed by atoms with Gasteiger partial charge in [-0.3, -0.25) is 9.89 Å². The number of aromatic hydroxyl groups is 1. The fraction of sp³-hybridized carbons (Fsp3) is 0.152. The summed E-state index contributed by atoms with van der Waals surface area (Å²) >= 11 is 0. The number of carbonyl (C=O) groups excluding carboxylic acids is 1. The van der Waals surface area contributed by atoms with E-state index in [-0.39, 0.29) is 24.0 Å². The smallest absolute Gasteiger partial charge is 0.273 e. The molecular weight excluding hydrogens is 505 g/mol. The van der Waals surface area contributed by atoms with Gasteiger partial charge in [-0.2, -0.15) is 5.10 Å². The lowest BCUT2D eigenvalue weighted by molar-refractivity contribution is 0.0730. The van der Waals surface area contributed by atoms with Gasteiger partial charge < -0.3 is 14.7 Å². The number of phenolic OH excluding ortho intramolecular Hbond substituents is 1. The van der Waals surface area contributed by atoms with E-state index in [1.807, 2.05) is 74.5 Å². The van der Waals surface area contributed by atoms with Crippen LogP contribution < -0.4 is 4.74 Å². The molecule has 5 aromatic rings. The molecule has 1 atom stereocenters. The van der Waals surface area contributed by atoms with Crippen LogP contribution in [0.2, 0.25) is 0 Å². The van der Waals surface area contributed by atoms with Crippen molar-refractivity contribution in [3.05, 3.63) is 136 Å². The second-order valence-electron chi connectivity index (χ2n) is 10.1. The highest BCUT2D eigenvalue weighted by Gasteiger charge is 2.42. The SMILES string of the molecule is Cc1cc(C)c(-c2n[nH]c3c2C(c2ccc(OCc4ccccc4)cc2)N(Cc2ccc(F)cc2)C3=O)c(O)c1. The first-order valence-electron chi connectivity index (χ1n) is 13.1. The minimum Gasteiger partial charge on any atom is -0.507 e. The summed E-state index contributed by atoms with van der Waals surface area (Å²) in [5, 5.41) is 18.4. The van der Waals surface area contributed by atoms with E-state index in [0.29, 0.717) is 34.9 Å². The first-order valence-corrected chi connectivity index (χ1v) is 13.1. The van der Waals surface area contributed by atoms with Crippen molar-refractivity contribution in [2.24, 2.45) is 0 Å². The Morgan fingerprint density at radius 1 is 0.950 bits per heavy atom. The van der Waals surface area contributed by atoms with E-state index in [4.69, 9.17) is 4.74 Å². The van der Waals surface area contributed by atoms with Crippen LogP contribution in [0.1, 0.15) is 49.9 Å². The third kappa shape index (κ3) is 4.71. The maximum atomic E-state index is 13.7. The molecule has 0 spiro atoms. The van der Waals surface area contributed by atoms with E-state index in [9.17, 15) is 14.3 Å². The fourth-order valence-corrected chi connectivity index (χ4v) is 5.42. The minimum atomic E-state index is -0.482. The molecule has 1 amide bonds. The number of benzene rings is 4. The van der Waals surface area contributed by atoms with Crippen LogP contribution in [-0.2, 0) is 13.2 Å². The Kier molecular flexibility index (Phi) is 6.56. The topological polar surface area (TPSA) is 78.5 Å². The van der Waals surface area contributed by atoms with Crippen molar-refractivity contribution >= 4 is 5.91 Å². The van der Waals surface area contributed by atoms with E-state index in [0.717, 1.165) is 27.8 Å². The van der Waals surface area contributed by atoms with Gasteiger partial charge in [0.05, 0.1) is 6.04 Å². The maximum absolute atomic E-state index is 13.7. The van der Waals surface area contributed by atoms with Gasteiger partial charge in [-0.15, -0.1) is 0 Å². The number of nitrogens with zero attached hydrogens (tertiary/aromatic N) is 2. The van der Waals surface area contributed by atoms with Crippen LogP contribution in [0.4, 0.5) is 4.39 Å². The normalized spacial score (nSPS) is 14.4. The Morgan fingerprint density at radius 2 is 1.68 bits per heavy atom. The standard InChI is InChI=1S/C33H28FN3O3/c1-20-16-21(2)28(27(38)17-20)30-29-31(36-35-30)33(39)37(18-22-8-12-25(34)13-9-22)32(29)24-10-14-26(15-11-24)40-19-23-6-4-3-5-7-23/h3-17,32,38H,18-19H2,1-2H3,(H,35,36). The molecule has 0 bridgehead atoms. The molecule has 40 heavy (non-hydrogen) atoms. The third-order valence-corrected chi connectivity index (χ3v) is 7.27. The average Bonchev–Trinajstić information content (AvgIpc) is 3.48. The van der Waals surface area contributed by atoms with Gasteiger partial charge in [-0.25, -0.2) is 4.39 Å². The molecule has 1 unspecified atom stereocenters. The summed E-state index contributed by atoms with van der Waals surface area (Å²) in [4.78, 5) is 15.5. The summed E-state index contributed by atoms with van der Waals surface area (Å²) in [5.74, 6) is 0.277. The van der Waals surface area contributed by atoms with Crippen LogP contribution in [0.5, 0.6) is 11.5 Å².